The summed E-state index contributed by atoms with van der Waals surface area (Å²) in [6, 6.07) is 10.0. The van der Waals surface area contributed by atoms with Crippen molar-refractivity contribution >= 4 is 96.2 Å². The number of unbranched alkanes of at least 4 members (excludes halogenated alkanes) is 18. The summed E-state index contributed by atoms with van der Waals surface area (Å²) in [6.45, 7) is 9.21. The molecular formula is C44H60S6. The monoisotopic (exact) mass is 780 g/mol. The quantitative estimate of drug-likeness (QED) is 0.0537. The fraction of sp³-hybridized carbons (Fsp3) is 0.591. The minimum atomic E-state index is 1.23. The molecule has 0 saturated carbocycles. The van der Waals surface area contributed by atoms with Crippen molar-refractivity contribution in [3.63, 3.8) is 0 Å². The molecule has 0 N–H and O–H groups in total. The fourth-order valence-corrected chi connectivity index (χ4v) is 15.5. The Morgan fingerprint density at radius 2 is 0.720 bits per heavy atom. The molecule has 0 radical (unpaired) electrons. The van der Waals surface area contributed by atoms with E-state index in [2.05, 4.69) is 74.6 Å². The molecular weight excluding hydrogens is 721 g/mol. The maximum absolute atomic E-state index is 2.54. The second-order valence-electron chi connectivity index (χ2n) is 14.8. The Bertz CT molecular complexity index is 1740. The lowest BCUT2D eigenvalue weighted by atomic mass is 10.0. The molecule has 50 heavy (non-hydrogen) atoms. The first-order valence-electron chi connectivity index (χ1n) is 20.1. The van der Waals surface area contributed by atoms with Gasteiger partial charge >= 0.3 is 0 Å². The van der Waals surface area contributed by atoms with E-state index in [9.17, 15) is 0 Å². The smallest absolute Gasteiger partial charge is 0.0893 e. The van der Waals surface area contributed by atoms with Crippen molar-refractivity contribution in [3.8, 4) is 19.5 Å². The molecule has 6 heteroatoms. The van der Waals surface area contributed by atoms with Crippen LogP contribution in [0, 0.1) is 13.8 Å². The Morgan fingerprint density at radius 1 is 0.380 bits per heavy atom. The Labute approximate surface area is 327 Å². The van der Waals surface area contributed by atoms with Gasteiger partial charge in [0.25, 0.3) is 0 Å². The fourth-order valence-electron chi connectivity index (χ4n) is 7.60. The van der Waals surface area contributed by atoms with Gasteiger partial charge in [-0.3, -0.25) is 0 Å². The van der Waals surface area contributed by atoms with Crippen LogP contribution in [0.3, 0.4) is 0 Å². The van der Waals surface area contributed by atoms with Crippen molar-refractivity contribution in [2.24, 2.45) is 0 Å². The summed E-state index contributed by atoms with van der Waals surface area (Å²) in [5.41, 5.74) is 3.18. The summed E-state index contributed by atoms with van der Waals surface area (Å²) < 4.78 is 6.08. The highest BCUT2D eigenvalue weighted by atomic mass is 32.2. The molecule has 0 saturated heterocycles. The van der Waals surface area contributed by atoms with Crippen LogP contribution in [0.1, 0.15) is 163 Å². The number of fused-ring (bicyclic) bond motifs is 5. The highest BCUT2D eigenvalue weighted by molar-refractivity contribution is 7.50. The topological polar surface area (TPSA) is 0 Å². The van der Waals surface area contributed by atoms with E-state index in [0.29, 0.717) is 0 Å². The van der Waals surface area contributed by atoms with Crippen molar-refractivity contribution in [2.45, 2.75) is 169 Å². The van der Waals surface area contributed by atoms with Gasteiger partial charge in [0.05, 0.1) is 17.4 Å². The maximum Gasteiger partial charge on any atom is 0.0893 e. The van der Waals surface area contributed by atoms with Gasteiger partial charge < -0.3 is 0 Å². The van der Waals surface area contributed by atoms with E-state index in [-0.39, 0.29) is 0 Å². The molecule has 0 fully saturated rings. The van der Waals surface area contributed by atoms with Gasteiger partial charge in [0, 0.05) is 40.0 Å². The first kappa shape index (κ1) is 38.7. The maximum atomic E-state index is 2.54. The van der Waals surface area contributed by atoms with Gasteiger partial charge in [-0.2, -0.15) is 0 Å². The van der Waals surface area contributed by atoms with Gasteiger partial charge in [0.2, 0.25) is 0 Å². The lowest BCUT2D eigenvalue weighted by molar-refractivity contribution is 0.556. The van der Waals surface area contributed by atoms with Gasteiger partial charge in [0.1, 0.15) is 0 Å². The van der Waals surface area contributed by atoms with E-state index in [4.69, 9.17) is 0 Å². The molecule has 0 aliphatic rings. The van der Waals surface area contributed by atoms with Crippen LogP contribution in [0.4, 0.5) is 0 Å². The van der Waals surface area contributed by atoms with Gasteiger partial charge in [-0.05, 0) is 74.9 Å². The van der Waals surface area contributed by atoms with Crippen molar-refractivity contribution in [3.05, 3.63) is 45.1 Å². The normalized spacial score (nSPS) is 12.2. The average Bonchev–Trinajstić information content (AvgIpc) is 3.94. The minimum Gasteiger partial charge on any atom is -0.139 e. The van der Waals surface area contributed by atoms with Gasteiger partial charge in [-0.1, -0.05) is 129 Å². The second kappa shape index (κ2) is 19.9. The Morgan fingerprint density at radius 3 is 1.08 bits per heavy atom. The zero-order chi connectivity index (χ0) is 34.7. The number of aryl methyl sites for hydroxylation is 4. The van der Waals surface area contributed by atoms with Crippen LogP contribution in [0.25, 0.3) is 47.7 Å². The lowest BCUT2D eigenvalue weighted by Gasteiger charge is -2.04. The van der Waals surface area contributed by atoms with Gasteiger partial charge in [-0.25, -0.2) is 0 Å². The zero-order valence-corrected chi connectivity index (χ0v) is 36.2. The average molecular weight is 781 g/mol. The molecule has 6 aromatic heterocycles. The van der Waals surface area contributed by atoms with Crippen LogP contribution >= 0.6 is 68.0 Å². The van der Waals surface area contributed by atoms with Crippen LogP contribution in [0.2, 0.25) is 0 Å². The molecule has 0 aliphatic carbocycles. The molecule has 6 aromatic rings. The molecule has 272 valence electrons. The third-order valence-corrected chi connectivity index (χ3v) is 18.0. The van der Waals surface area contributed by atoms with E-state index in [1.165, 1.54) is 189 Å². The summed E-state index contributed by atoms with van der Waals surface area (Å²) in [5, 5.41) is 3.01. The van der Waals surface area contributed by atoms with E-state index in [0.717, 1.165) is 0 Å². The Balaban J connectivity index is 1.05. The second-order valence-corrected chi connectivity index (χ2v) is 21.9. The van der Waals surface area contributed by atoms with Crippen LogP contribution < -0.4 is 0 Å². The molecule has 0 atom stereocenters. The van der Waals surface area contributed by atoms with Crippen LogP contribution in [0.5, 0.6) is 0 Å². The van der Waals surface area contributed by atoms with E-state index < -0.39 is 0 Å². The number of hydrogen-bond donors (Lipinski definition) is 0. The van der Waals surface area contributed by atoms with E-state index in [1.54, 1.807) is 20.9 Å². The Hall–Kier alpha value is -1.02. The third-order valence-electron chi connectivity index (χ3n) is 10.4. The van der Waals surface area contributed by atoms with Crippen molar-refractivity contribution in [1.29, 1.82) is 0 Å². The van der Waals surface area contributed by atoms with Gasteiger partial charge in [0.15, 0.2) is 0 Å². The zero-order valence-electron chi connectivity index (χ0n) is 31.3. The van der Waals surface area contributed by atoms with E-state index >= 15 is 0 Å². The lowest BCUT2D eigenvalue weighted by Crippen LogP contribution is -1.86. The number of rotatable bonds is 24. The first-order valence-corrected chi connectivity index (χ1v) is 25.0. The summed E-state index contributed by atoms with van der Waals surface area (Å²) in [4.78, 5) is 9.01. The van der Waals surface area contributed by atoms with Crippen LogP contribution in [-0.2, 0) is 12.8 Å². The predicted molar refractivity (Wildman–Crippen MR) is 238 cm³/mol. The van der Waals surface area contributed by atoms with Crippen molar-refractivity contribution in [2.75, 3.05) is 0 Å². The molecule has 0 aliphatic heterocycles. The van der Waals surface area contributed by atoms with Crippen molar-refractivity contribution in [1.82, 2.24) is 0 Å². The van der Waals surface area contributed by atoms with Crippen molar-refractivity contribution < 1.29 is 0 Å². The van der Waals surface area contributed by atoms with Gasteiger partial charge in [-0.15, -0.1) is 68.0 Å². The number of hydrogen-bond acceptors (Lipinski definition) is 6. The third kappa shape index (κ3) is 10.1. The summed E-state index contributed by atoms with van der Waals surface area (Å²) in [7, 11) is 0. The molecule has 6 heterocycles. The standard InChI is InChI=1S/C44H60S6/c1-5-7-9-11-13-15-17-19-21-23-25-33-27-31(3)45-39(33)37-29-35-41-42(49-43(35)47-37)36-30-38(48-44(36)50-41)40-34(28-32(4)46-40)26-24-22-20-18-16-14-12-10-8-6-2/h27-30H,5-26H2,1-4H3. The summed E-state index contributed by atoms with van der Waals surface area (Å²) in [5.74, 6) is 0. The molecule has 0 nitrogen and oxygen atoms in total. The largest absolute Gasteiger partial charge is 0.139 e. The highest BCUT2D eigenvalue weighted by Gasteiger charge is 2.21. The first-order chi connectivity index (χ1) is 24.6. The number of thiophene rings is 6. The molecule has 6 rings (SSSR count). The summed E-state index contributed by atoms with van der Waals surface area (Å²) in [6.07, 6.45) is 30.6. The highest BCUT2D eigenvalue weighted by Crippen LogP contribution is 2.53. The SMILES string of the molecule is CCCCCCCCCCCCc1cc(C)sc1-c1cc2c(s1)sc1c3cc(-c4sc(C)cc4CCCCCCCCCCCC)sc3sc21. The molecule has 0 bridgehead atoms. The van der Waals surface area contributed by atoms with Crippen LogP contribution in [0.15, 0.2) is 24.3 Å². The predicted octanol–water partition coefficient (Wildman–Crippen LogP) is 18.4. The van der Waals surface area contributed by atoms with E-state index in [1.807, 2.05) is 45.3 Å². The summed E-state index contributed by atoms with van der Waals surface area (Å²) >= 11 is 12.2. The molecule has 0 amide bonds. The molecule has 0 aromatic carbocycles. The molecule has 0 spiro atoms. The molecule has 0 unspecified atom stereocenters. The Kier molecular flexibility index (Phi) is 15.4. The minimum absolute atomic E-state index is 1.23. The van der Waals surface area contributed by atoms with Crippen LogP contribution in [-0.4, -0.2) is 0 Å².